The molecule has 0 fully saturated rings. The van der Waals surface area contributed by atoms with E-state index in [0.29, 0.717) is 13.0 Å². The highest BCUT2D eigenvalue weighted by Crippen LogP contribution is 2.17. The molecule has 0 aliphatic rings. The van der Waals surface area contributed by atoms with E-state index in [9.17, 15) is 18.0 Å². The van der Waals surface area contributed by atoms with Crippen LogP contribution in [0.4, 0.5) is 0 Å². The largest absolute Gasteiger partial charge is 0.354 e. The van der Waals surface area contributed by atoms with Gasteiger partial charge in [0.25, 0.3) is 0 Å². The zero-order valence-corrected chi connectivity index (χ0v) is 22.2. The van der Waals surface area contributed by atoms with Crippen molar-refractivity contribution >= 4 is 21.8 Å². The smallest absolute Gasteiger partial charge is 0.243 e. The summed E-state index contributed by atoms with van der Waals surface area (Å²) in [6.45, 7) is 2.33. The maximum absolute atomic E-state index is 13.8. The average molecular weight is 522 g/mol. The maximum Gasteiger partial charge on any atom is 0.243 e. The van der Waals surface area contributed by atoms with Crippen LogP contribution in [0.5, 0.6) is 0 Å². The van der Waals surface area contributed by atoms with E-state index in [2.05, 4.69) is 5.32 Å². The number of nitrogens with zero attached hydrogens (tertiary/aromatic N) is 2. The predicted octanol–water partition coefficient (Wildman–Crippen LogP) is 3.61. The summed E-state index contributed by atoms with van der Waals surface area (Å²) in [5, 5.41) is 2.93. The van der Waals surface area contributed by atoms with Crippen molar-refractivity contribution in [3.05, 3.63) is 108 Å². The van der Waals surface area contributed by atoms with E-state index >= 15 is 0 Å². The third-order valence-corrected chi connectivity index (χ3v) is 7.19. The Morgan fingerprint density at radius 2 is 1.27 bits per heavy atom. The Labute approximate surface area is 220 Å². The predicted molar refractivity (Wildman–Crippen MR) is 146 cm³/mol. The van der Waals surface area contributed by atoms with Crippen LogP contribution in [0.25, 0.3) is 0 Å². The lowest BCUT2D eigenvalue weighted by Gasteiger charge is -2.33. The molecule has 0 heterocycles. The highest BCUT2D eigenvalue weighted by molar-refractivity contribution is 7.88. The molecule has 3 rings (SSSR count). The lowest BCUT2D eigenvalue weighted by atomic mass is 10.0. The van der Waals surface area contributed by atoms with Gasteiger partial charge < -0.3 is 10.2 Å². The lowest BCUT2D eigenvalue weighted by molar-refractivity contribution is -0.141. The summed E-state index contributed by atoms with van der Waals surface area (Å²) in [5.74, 6) is -0.693. The Morgan fingerprint density at radius 1 is 0.784 bits per heavy atom. The molecule has 0 bridgehead atoms. The molecule has 3 aromatic carbocycles. The molecule has 2 amide bonds. The first-order valence-corrected chi connectivity index (χ1v) is 14.3. The fourth-order valence-corrected chi connectivity index (χ4v) is 4.75. The first-order chi connectivity index (χ1) is 17.8. The van der Waals surface area contributed by atoms with E-state index in [0.717, 1.165) is 33.7 Å². The van der Waals surface area contributed by atoms with Crippen molar-refractivity contribution < 1.29 is 18.0 Å². The maximum atomic E-state index is 13.8. The second kappa shape index (κ2) is 13.7. The van der Waals surface area contributed by atoms with E-state index in [1.165, 1.54) is 4.90 Å². The molecule has 1 N–H and O–H groups in total. The van der Waals surface area contributed by atoms with Crippen LogP contribution in [0.1, 0.15) is 30.0 Å². The molecule has 0 saturated heterocycles. The first kappa shape index (κ1) is 28.1. The lowest BCUT2D eigenvalue weighted by Crippen LogP contribution is -2.53. The summed E-state index contributed by atoms with van der Waals surface area (Å²) in [4.78, 5) is 28.7. The fraction of sp³-hybridized carbons (Fsp3) is 0.310. The molecule has 0 spiro atoms. The number of nitrogens with one attached hydrogen (secondary N) is 1. The van der Waals surface area contributed by atoms with Gasteiger partial charge in [0.1, 0.15) is 6.04 Å². The summed E-state index contributed by atoms with van der Waals surface area (Å²) in [7, 11) is -3.70. The third kappa shape index (κ3) is 8.84. The van der Waals surface area contributed by atoms with Crippen molar-refractivity contribution in [1.29, 1.82) is 0 Å². The number of carbonyl (C=O) groups is 2. The topological polar surface area (TPSA) is 86.8 Å². The summed E-state index contributed by atoms with van der Waals surface area (Å²) >= 11 is 0. The number of amides is 2. The Morgan fingerprint density at radius 3 is 1.76 bits per heavy atom. The molecular weight excluding hydrogens is 486 g/mol. The number of carbonyl (C=O) groups excluding carboxylic acids is 2. The molecule has 3 aromatic rings. The molecule has 0 unspecified atom stereocenters. The second-order valence-electron chi connectivity index (χ2n) is 9.02. The minimum atomic E-state index is -3.70. The highest BCUT2D eigenvalue weighted by Gasteiger charge is 2.32. The standard InChI is InChI=1S/C29H35N3O4S/c1-3-19-30-29(34)27(20-24-13-7-4-8-14-24)32(22-26-17-11-6-12-18-26)28(33)23-31(37(2,35)36)21-25-15-9-5-10-16-25/h4-18,27H,3,19-23H2,1-2H3,(H,30,34)/t27-/m1/s1. The van der Waals surface area contributed by atoms with E-state index in [-0.39, 0.29) is 25.5 Å². The minimum absolute atomic E-state index is 0.0654. The van der Waals surface area contributed by atoms with Crippen molar-refractivity contribution in [2.24, 2.45) is 0 Å². The Kier molecular flexibility index (Phi) is 10.4. The van der Waals surface area contributed by atoms with E-state index in [1.807, 2.05) is 97.9 Å². The number of rotatable bonds is 13. The van der Waals surface area contributed by atoms with E-state index in [4.69, 9.17) is 0 Å². The van der Waals surface area contributed by atoms with Gasteiger partial charge in [-0.2, -0.15) is 4.31 Å². The van der Waals surface area contributed by atoms with Gasteiger partial charge in [-0.05, 0) is 23.1 Å². The van der Waals surface area contributed by atoms with Crippen molar-refractivity contribution in [2.45, 2.75) is 38.9 Å². The van der Waals surface area contributed by atoms with Crippen LogP contribution in [0, 0.1) is 0 Å². The SMILES string of the molecule is CCCNC(=O)[C@@H](Cc1ccccc1)N(Cc1ccccc1)C(=O)CN(Cc1ccccc1)S(C)(=O)=O. The van der Waals surface area contributed by atoms with Gasteiger partial charge >= 0.3 is 0 Å². The molecule has 7 nitrogen and oxygen atoms in total. The molecule has 8 heteroatoms. The van der Waals surface area contributed by atoms with Gasteiger partial charge in [-0.1, -0.05) is 97.9 Å². The fourth-order valence-electron chi connectivity index (χ4n) is 4.02. The van der Waals surface area contributed by atoms with Crippen molar-refractivity contribution in [3.63, 3.8) is 0 Å². The third-order valence-electron chi connectivity index (χ3n) is 6.00. The first-order valence-electron chi connectivity index (χ1n) is 12.4. The molecule has 1 atom stereocenters. The summed E-state index contributed by atoms with van der Waals surface area (Å²) in [6.07, 6.45) is 2.17. The number of hydrogen-bond donors (Lipinski definition) is 1. The molecule has 0 radical (unpaired) electrons. The Bertz CT molecular complexity index is 1240. The average Bonchev–Trinajstić information content (AvgIpc) is 2.90. The highest BCUT2D eigenvalue weighted by atomic mass is 32.2. The van der Waals surface area contributed by atoms with Crippen molar-refractivity contribution in [2.75, 3.05) is 19.3 Å². The van der Waals surface area contributed by atoms with Gasteiger partial charge in [0.2, 0.25) is 21.8 Å². The van der Waals surface area contributed by atoms with Gasteiger partial charge in [0.15, 0.2) is 0 Å². The van der Waals surface area contributed by atoms with Gasteiger partial charge in [0, 0.05) is 26.1 Å². The molecule has 0 aromatic heterocycles. The normalized spacial score (nSPS) is 12.2. The van der Waals surface area contributed by atoms with Gasteiger partial charge in [0.05, 0.1) is 12.8 Å². The van der Waals surface area contributed by atoms with Crippen LogP contribution in [-0.4, -0.2) is 54.8 Å². The second-order valence-corrected chi connectivity index (χ2v) is 11.0. The van der Waals surface area contributed by atoms with E-state index in [1.54, 1.807) is 0 Å². The van der Waals surface area contributed by atoms with Crippen LogP contribution in [0.3, 0.4) is 0 Å². The van der Waals surface area contributed by atoms with Crippen LogP contribution in [0.2, 0.25) is 0 Å². The number of sulfonamides is 1. The molecular formula is C29H35N3O4S. The Hall–Kier alpha value is -3.49. The number of hydrogen-bond acceptors (Lipinski definition) is 4. The summed E-state index contributed by atoms with van der Waals surface area (Å²) in [6, 6.07) is 27.3. The minimum Gasteiger partial charge on any atom is -0.354 e. The van der Waals surface area contributed by atoms with E-state index < -0.39 is 22.0 Å². The molecule has 37 heavy (non-hydrogen) atoms. The van der Waals surface area contributed by atoms with Crippen LogP contribution in [0.15, 0.2) is 91.0 Å². The summed E-state index contributed by atoms with van der Waals surface area (Å²) in [5.41, 5.74) is 2.54. The number of benzene rings is 3. The monoisotopic (exact) mass is 521 g/mol. The quantitative estimate of drug-likeness (QED) is 0.372. The van der Waals surface area contributed by atoms with Crippen molar-refractivity contribution in [1.82, 2.24) is 14.5 Å². The van der Waals surface area contributed by atoms with Crippen LogP contribution >= 0.6 is 0 Å². The molecule has 0 saturated carbocycles. The molecule has 0 aliphatic heterocycles. The van der Waals surface area contributed by atoms with Gasteiger partial charge in [-0.15, -0.1) is 0 Å². The van der Waals surface area contributed by atoms with Crippen LogP contribution in [-0.2, 0) is 39.1 Å². The van der Waals surface area contributed by atoms with Gasteiger partial charge in [-0.25, -0.2) is 8.42 Å². The Balaban J connectivity index is 1.95. The zero-order chi connectivity index (χ0) is 26.7. The molecule has 0 aliphatic carbocycles. The van der Waals surface area contributed by atoms with Gasteiger partial charge in [-0.3, -0.25) is 9.59 Å². The molecule has 196 valence electrons. The zero-order valence-electron chi connectivity index (χ0n) is 21.4. The summed E-state index contributed by atoms with van der Waals surface area (Å²) < 4.78 is 26.5. The van der Waals surface area contributed by atoms with Crippen molar-refractivity contribution in [3.8, 4) is 0 Å². The van der Waals surface area contributed by atoms with Crippen LogP contribution < -0.4 is 5.32 Å².